The van der Waals surface area contributed by atoms with Crippen LogP contribution in [0.1, 0.15) is 27.0 Å². The average Bonchev–Trinajstić information content (AvgIpc) is 3.39. The average molecular weight is 467 g/mol. The molecule has 0 saturated heterocycles. The summed E-state index contributed by atoms with van der Waals surface area (Å²) in [5.74, 6) is 2.51. The number of benzene rings is 3. The third kappa shape index (κ3) is 3.86. The lowest BCUT2D eigenvalue weighted by Crippen LogP contribution is -2.33. The molecule has 4 aromatic rings. The van der Waals surface area contributed by atoms with Crippen molar-refractivity contribution < 1.29 is 19.0 Å². The molecule has 6 heteroatoms. The smallest absolute Gasteiger partial charge is 0.231 e. The molecule has 0 N–H and O–H groups in total. The highest BCUT2D eigenvalue weighted by Crippen LogP contribution is 2.42. The third-order valence-electron chi connectivity index (χ3n) is 6.77. The zero-order valence-electron chi connectivity index (χ0n) is 19.8. The Hall–Kier alpha value is -4.03. The van der Waals surface area contributed by atoms with Crippen molar-refractivity contribution in [1.29, 1.82) is 0 Å². The number of carbonyl (C=O) groups excluding carboxylic acids is 1. The molecule has 176 valence electrons. The van der Waals surface area contributed by atoms with E-state index < -0.39 is 0 Å². The number of fused-ring (bicyclic) bond motifs is 4. The fourth-order valence-electron chi connectivity index (χ4n) is 4.86. The molecule has 0 spiro atoms. The van der Waals surface area contributed by atoms with Gasteiger partial charge in [0.25, 0.3) is 0 Å². The van der Waals surface area contributed by atoms with E-state index in [0.29, 0.717) is 30.3 Å². The Morgan fingerprint density at radius 3 is 2.71 bits per heavy atom. The number of carbonyl (C=O) groups is 1. The Morgan fingerprint density at radius 2 is 1.89 bits per heavy atom. The van der Waals surface area contributed by atoms with Crippen molar-refractivity contribution in [3.63, 3.8) is 0 Å². The van der Waals surface area contributed by atoms with E-state index in [-0.39, 0.29) is 5.78 Å². The number of para-hydroxylation sites is 1. The van der Waals surface area contributed by atoms with Crippen molar-refractivity contribution >= 4 is 22.8 Å². The number of nitrogens with zero attached hydrogens (tertiary/aromatic N) is 2. The van der Waals surface area contributed by atoms with Gasteiger partial charge in [0.05, 0.1) is 18.2 Å². The zero-order chi connectivity index (χ0) is 23.9. The standard InChI is InChI=1S/C29H26N2O4/c1-30-16-20(22-5-3-4-6-25(22)30)15-27-28(32)23-11-12-26-24(29(23)35-27)17-31(18-34-26)14-13-19-7-9-21(33-2)10-8-19/h3-12,15-16H,13-14,17-18H2,1-2H3/b27-15-. The highest BCUT2D eigenvalue weighted by molar-refractivity contribution is 6.15. The zero-order valence-corrected chi connectivity index (χ0v) is 19.8. The van der Waals surface area contributed by atoms with Gasteiger partial charge in [-0.05, 0) is 48.4 Å². The second-order valence-electron chi connectivity index (χ2n) is 9.00. The van der Waals surface area contributed by atoms with Crippen LogP contribution >= 0.6 is 0 Å². The predicted molar refractivity (Wildman–Crippen MR) is 135 cm³/mol. The summed E-state index contributed by atoms with van der Waals surface area (Å²) in [6.45, 7) is 2.01. The molecule has 2 aliphatic rings. The lowest BCUT2D eigenvalue weighted by Gasteiger charge is -2.29. The number of methoxy groups -OCH3 is 1. The highest BCUT2D eigenvalue weighted by Gasteiger charge is 2.33. The number of ether oxygens (including phenoxy) is 3. The quantitative estimate of drug-likeness (QED) is 0.379. The van der Waals surface area contributed by atoms with Crippen molar-refractivity contribution in [1.82, 2.24) is 9.47 Å². The van der Waals surface area contributed by atoms with E-state index in [1.54, 1.807) is 7.11 Å². The fourth-order valence-corrected chi connectivity index (χ4v) is 4.86. The van der Waals surface area contributed by atoms with Gasteiger partial charge in [-0.3, -0.25) is 9.69 Å². The summed E-state index contributed by atoms with van der Waals surface area (Å²) in [7, 11) is 3.68. The van der Waals surface area contributed by atoms with Crippen molar-refractivity contribution in [2.24, 2.45) is 7.05 Å². The minimum Gasteiger partial charge on any atom is -0.497 e. The molecule has 3 aromatic carbocycles. The molecule has 0 unspecified atom stereocenters. The number of Topliss-reactive ketones (excluding diaryl/α,β-unsaturated/α-hetero) is 1. The van der Waals surface area contributed by atoms with Crippen LogP contribution in [0.4, 0.5) is 0 Å². The van der Waals surface area contributed by atoms with E-state index in [2.05, 4.69) is 33.7 Å². The van der Waals surface area contributed by atoms with Crippen LogP contribution in [0, 0.1) is 0 Å². The first-order valence-corrected chi connectivity index (χ1v) is 11.7. The van der Waals surface area contributed by atoms with Crippen LogP contribution in [0.5, 0.6) is 17.2 Å². The van der Waals surface area contributed by atoms with Gasteiger partial charge in [0.15, 0.2) is 5.76 Å². The monoisotopic (exact) mass is 466 g/mol. The Morgan fingerprint density at radius 1 is 1.06 bits per heavy atom. The van der Waals surface area contributed by atoms with Crippen molar-refractivity contribution in [2.45, 2.75) is 13.0 Å². The number of aryl methyl sites for hydroxylation is 1. The molecule has 0 amide bonds. The summed E-state index contributed by atoms with van der Waals surface area (Å²) in [4.78, 5) is 15.4. The van der Waals surface area contributed by atoms with Gasteiger partial charge in [-0.1, -0.05) is 30.3 Å². The van der Waals surface area contributed by atoms with Gasteiger partial charge in [-0.2, -0.15) is 0 Å². The van der Waals surface area contributed by atoms with Crippen LogP contribution in [0.25, 0.3) is 17.0 Å². The molecular weight excluding hydrogens is 440 g/mol. The number of aromatic nitrogens is 1. The minimum atomic E-state index is -0.0916. The van der Waals surface area contributed by atoms with E-state index in [9.17, 15) is 4.79 Å². The molecule has 6 rings (SSSR count). The summed E-state index contributed by atoms with van der Waals surface area (Å²) >= 11 is 0. The van der Waals surface area contributed by atoms with E-state index in [1.807, 2.05) is 55.7 Å². The fraction of sp³-hybridized carbons (Fsp3) is 0.207. The van der Waals surface area contributed by atoms with E-state index in [1.165, 1.54) is 5.56 Å². The van der Waals surface area contributed by atoms with Crippen LogP contribution < -0.4 is 14.2 Å². The van der Waals surface area contributed by atoms with Crippen molar-refractivity contribution in [3.05, 3.63) is 94.9 Å². The van der Waals surface area contributed by atoms with Gasteiger partial charge >= 0.3 is 0 Å². The van der Waals surface area contributed by atoms with Gasteiger partial charge in [-0.25, -0.2) is 0 Å². The Bertz CT molecular complexity index is 1470. The first-order valence-electron chi connectivity index (χ1n) is 11.7. The van der Waals surface area contributed by atoms with Crippen LogP contribution in [0.2, 0.25) is 0 Å². The predicted octanol–water partition coefficient (Wildman–Crippen LogP) is 5.20. The summed E-state index contributed by atoms with van der Waals surface area (Å²) in [6, 6.07) is 20.0. The van der Waals surface area contributed by atoms with Crippen LogP contribution in [-0.2, 0) is 20.0 Å². The molecule has 0 aliphatic carbocycles. The van der Waals surface area contributed by atoms with E-state index in [4.69, 9.17) is 14.2 Å². The maximum absolute atomic E-state index is 13.2. The molecule has 0 saturated carbocycles. The Labute approximate surface area is 203 Å². The number of allylic oxidation sites excluding steroid dienone is 1. The lowest BCUT2D eigenvalue weighted by atomic mass is 10.0. The highest BCUT2D eigenvalue weighted by atomic mass is 16.5. The third-order valence-corrected chi connectivity index (χ3v) is 6.77. The van der Waals surface area contributed by atoms with Crippen LogP contribution in [-0.4, -0.2) is 35.6 Å². The van der Waals surface area contributed by atoms with Gasteiger partial charge in [0.2, 0.25) is 5.78 Å². The van der Waals surface area contributed by atoms with Crippen LogP contribution in [0.15, 0.2) is 72.6 Å². The van der Waals surface area contributed by atoms with Gasteiger partial charge in [-0.15, -0.1) is 0 Å². The molecule has 3 heterocycles. The van der Waals surface area contributed by atoms with Crippen LogP contribution in [0.3, 0.4) is 0 Å². The molecule has 0 bridgehead atoms. The second-order valence-corrected chi connectivity index (χ2v) is 9.00. The summed E-state index contributed by atoms with van der Waals surface area (Å²) < 4.78 is 19.5. The lowest BCUT2D eigenvalue weighted by molar-refractivity contribution is 0.0949. The SMILES string of the molecule is COc1ccc(CCN2COc3ccc4c(c3C2)O/C(=C\c2cn(C)c3ccccc23)C4=O)cc1. The minimum absolute atomic E-state index is 0.0916. The number of ketones is 1. The largest absolute Gasteiger partial charge is 0.497 e. The molecular formula is C29H26N2O4. The number of hydrogen-bond acceptors (Lipinski definition) is 5. The molecule has 0 radical (unpaired) electrons. The maximum Gasteiger partial charge on any atom is 0.231 e. The molecule has 1 aromatic heterocycles. The first kappa shape index (κ1) is 21.5. The normalized spacial score (nSPS) is 16.2. The Kier molecular flexibility index (Phi) is 5.30. The summed E-state index contributed by atoms with van der Waals surface area (Å²) in [5, 5.41) is 1.09. The van der Waals surface area contributed by atoms with Crippen molar-refractivity contribution in [3.8, 4) is 17.2 Å². The molecule has 0 fully saturated rings. The summed E-state index contributed by atoms with van der Waals surface area (Å²) in [5.41, 5.74) is 4.83. The first-order chi connectivity index (χ1) is 17.1. The topological polar surface area (TPSA) is 52.9 Å². The molecule has 6 nitrogen and oxygen atoms in total. The molecule has 0 atom stereocenters. The van der Waals surface area contributed by atoms with Gasteiger partial charge in [0, 0.05) is 42.8 Å². The number of hydrogen-bond donors (Lipinski definition) is 0. The van der Waals surface area contributed by atoms with Gasteiger partial charge < -0.3 is 18.8 Å². The Balaban J connectivity index is 1.24. The van der Waals surface area contributed by atoms with E-state index in [0.717, 1.165) is 46.5 Å². The maximum atomic E-state index is 13.2. The molecule has 35 heavy (non-hydrogen) atoms. The van der Waals surface area contributed by atoms with Gasteiger partial charge in [0.1, 0.15) is 24.0 Å². The van der Waals surface area contributed by atoms with Crippen molar-refractivity contribution in [2.75, 3.05) is 20.4 Å². The second kappa shape index (κ2) is 8.64. The number of rotatable bonds is 5. The molecule has 2 aliphatic heterocycles. The van der Waals surface area contributed by atoms with E-state index >= 15 is 0 Å². The summed E-state index contributed by atoms with van der Waals surface area (Å²) in [6.07, 6.45) is 4.77.